The largest absolute Gasteiger partial charge is 0.397 e. The summed E-state index contributed by atoms with van der Waals surface area (Å²) >= 11 is 0. The average Bonchev–Trinajstić information content (AvgIpc) is 3.09. The van der Waals surface area contributed by atoms with Gasteiger partial charge < -0.3 is 16.0 Å². The molecule has 3 N–H and O–H groups in total. The van der Waals surface area contributed by atoms with E-state index in [1.165, 1.54) is 12.8 Å². The molecule has 0 spiro atoms. The lowest BCUT2D eigenvalue weighted by atomic mass is 10.1. The third-order valence-electron chi connectivity index (χ3n) is 3.49. The number of hydrogen-bond donors (Lipinski definition) is 2. The van der Waals surface area contributed by atoms with Crippen molar-refractivity contribution in [2.45, 2.75) is 25.8 Å². The first kappa shape index (κ1) is 12.7. The van der Waals surface area contributed by atoms with E-state index in [-0.39, 0.29) is 5.91 Å². The Morgan fingerprint density at radius 3 is 2.78 bits per heavy atom. The average molecular weight is 247 g/mol. The van der Waals surface area contributed by atoms with Gasteiger partial charge in [-0.25, -0.2) is 0 Å². The number of nitrogens with two attached hydrogens (primary N) is 1. The molecule has 0 bridgehead atoms. The van der Waals surface area contributed by atoms with Crippen molar-refractivity contribution in [2.75, 3.05) is 25.1 Å². The highest BCUT2D eigenvalue weighted by atomic mass is 16.2. The van der Waals surface area contributed by atoms with Crippen molar-refractivity contribution >= 4 is 17.3 Å². The molecule has 2 atom stereocenters. The number of benzene rings is 1. The van der Waals surface area contributed by atoms with E-state index < -0.39 is 0 Å². The number of nitrogens with zero attached hydrogens (tertiary/aromatic N) is 1. The Balaban J connectivity index is 2.14. The van der Waals surface area contributed by atoms with Crippen LogP contribution in [0.15, 0.2) is 18.2 Å². The molecule has 0 aliphatic heterocycles. The van der Waals surface area contributed by atoms with E-state index in [2.05, 4.69) is 12.2 Å². The molecule has 0 aromatic heterocycles. The molecule has 2 rings (SSSR count). The second kappa shape index (κ2) is 4.88. The quantitative estimate of drug-likeness (QED) is 0.802. The molecular weight excluding hydrogens is 226 g/mol. The number of hydrogen-bond acceptors (Lipinski definition) is 3. The van der Waals surface area contributed by atoms with Crippen LogP contribution >= 0.6 is 0 Å². The lowest BCUT2D eigenvalue weighted by molar-refractivity contribution is 0.0827. The maximum absolute atomic E-state index is 11.9. The zero-order chi connectivity index (χ0) is 13.3. The van der Waals surface area contributed by atoms with E-state index in [1.54, 1.807) is 31.1 Å². The van der Waals surface area contributed by atoms with Crippen molar-refractivity contribution in [3.8, 4) is 0 Å². The molecule has 98 valence electrons. The van der Waals surface area contributed by atoms with Crippen molar-refractivity contribution in [1.29, 1.82) is 0 Å². The van der Waals surface area contributed by atoms with Crippen molar-refractivity contribution < 1.29 is 4.79 Å². The van der Waals surface area contributed by atoms with Gasteiger partial charge in [-0.2, -0.15) is 0 Å². The molecule has 1 amide bonds. The van der Waals surface area contributed by atoms with Crippen LogP contribution in [0.4, 0.5) is 11.4 Å². The smallest absolute Gasteiger partial charge is 0.253 e. The van der Waals surface area contributed by atoms with Gasteiger partial charge in [0.05, 0.1) is 11.4 Å². The molecule has 1 aromatic carbocycles. The third kappa shape index (κ3) is 2.58. The van der Waals surface area contributed by atoms with Crippen LogP contribution in [0.1, 0.15) is 30.1 Å². The summed E-state index contributed by atoms with van der Waals surface area (Å²) in [4.78, 5) is 13.5. The van der Waals surface area contributed by atoms with Crippen LogP contribution in [0.3, 0.4) is 0 Å². The number of anilines is 2. The Kier molecular flexibility index (Phi) is 3.45. The van der Waals surface area contributed by atoms with Crippen LogP contribution in [0.25, 0.3) is 0 Å². The van der Waals surface area contributed by atoms with Crippen LogP contribution in [0.5, 0.6) is 0 Å². The van der Waals surface area contributed by atoms with Gasteiger partial charge in [-0.1, -0.05) is 13.3 Å². The Morgan fingerprint density at radius 1 is 1.50 bits per heavy atom. The number of carbonyl (C=O) groups excluding carboxylic acids is 1. The topological polar surface area (TPSA) is 58.4 Å². The molecule has 1 aromatic rings. The molecule has 1 fully saturated rings. The van der Waals surface area contributed by atoms with E-state index in [0.717, 1.165) is 11.6 Å². The fourth-order valence-electron chi connectivity index (χ4n) is 2.15. The molecule has 4 nitrogen and oxygen atoms in total. The Bertz CT molecular complexity index is 456. The summed E-state index contributed by atoms with van der Waals surface area (Å²) in [7, 11) is 3.50. The first-order chi connectivity index (χ1) is 8.52. The number of nitrogens with one attached hydrogen (secondary N) is 1. The maximum Gasteiger partial charge on any atom is 0.253 e. The van der Waals surface area contributed by atoms with Crippen molar-refractivity contribution in [3.63, 3.8) is 0 Å². The van der Waals surface area contributed by atoms with Crippen molar-refractivity contribution in [2.24, 2.45) is 5.92 Å². The van der Waals surface area contributed by atoms with Gasteiger partial charge in [0.25, 0.3) is 5.91 Å². The van der Waals surface area contributed by atoms with Crippen molar-refractivity contribution in [3.05, 3.63) is 23.8 Å². The molecule has 4 heteroatoms. The molecule has 0 heterocycles. The first-order valence-corrected chi connectivity index (χ1v) is 6.40. The monoisotopic (exact) mass is 247 g/mol. The SMILES string of the molecule is CCC1CC1Nc1cc(C(=O)N(C)C)ccc1N. The van der Waals surface area contributed by atoms with Crippen LogP contribution in [0, 0.1) is 5.92 Å². The number of nitrogen functional groups attached to an aromatic ring is 1. The minimum Gasteiger partial charge on any atom is -0.397 e. The van der Waals surface area contributed by atoms with Gasteiger partial charge >= 0.3 is 0 Å². The van der Waals surface area contributed by atoms with Crippen LogP contribution < -0.4 is 11.1 Å². The third-order valence-corrected chi connectivity index (χ3v) is 3.49. The van der Waals surface area contributed by atoms with E-state index >= 15 is 0 Å². The number of amides is 1. The molecule has 18 heavy (non-hydrogen) atoms. The van der Waals surface area contributed by atoms with Gasteiger partial charge in [-0.15, -0.1) is 0 Å². The van der Waals surface area contributed by atoms with Gasteiger partial charge in [-0.3, -0.25) is 4.79 Å². The normalized spacial score (nSPS) is 21.5. The number of rotatable bonds is 4. The zero-order valence-corrected chi connectivity index (χ0v) is 11.2. The standard InChI is InChI=1S/C14H21N3O/c1-4-9-7-12(9)16-13-8-10(5-6-11(13)15)14(18)17(2)3/h5-6,8-9,12,16H,4,7,15H2,1-3H3. The molecular formula is C14H21N3O. The predicted octanol–water partition coefficient (Wildman–Crippen LogP) is 2.18. The van der Waals surface area contributed by atoms with Gasteiger partial charge in [0.2, 0.25) is 0 Å². The van der Waals surface area contributed by atoms with Crippen molar-refractivity contribution in [1.82, 2.24) is 4.90 Å². The summed E-state index contributed by atoms with van der Waals surface area (Å²) < 4.78 is 0. The Morgan fingerprint density at radius 2 is 2.22 bits per heavy atom. The molecule has 0 radical (unpaired) electrons. The summed E-state index contributed by atoms with van der Waals surface area (Å²) in [6.45, 7) is 2.20. The highest BCUT2D eigenvalue weighted by molar-refractivity contribution is 5.95. The van der Waals surface area contributed by atoms with Crippen LogP contribution in [-0.4, -0.2) is 30.9 Å². The summed E-state index contributed by atoms with van der Waals surface area (Å²) in [5.74, 6) is 0.749. The minimum absolute atomic E-state index is 0.000823. The zero-order valence-electron chi connectivity index (χ0n) is 11.2. The number of carbonyl (C=O) groups is 1. The Hall–Kier alpha value is -1.71. The highest BCUT2D eigenvalue weighted by Crippen LogP contribution is 2.37. The molecule has 1 aliphatic rings. The fraction of sp³-hybridized carbons (Fsp3) is 0.500. The van der Waals surface area contributed by atoms with E-state index in [1.807, 2.05) is 6.07 Å². The fourth-order valence-corrected chi connectivity index (χ4v) is 2.15. The van der Waals surface area contributed by atoms with E-state index in [9.17, 15) is 4.79 Å². The lowest BCUT2D eigenvalue weighted by Crippen LogP contribution is -2.22. The maximum atomic E-state index is 11.9. The first-order valence-electron chi connectivity index (χ1n) is 6.40. The lowest BCUT2D eigenvalue weighted by Gasteiger charge is -2.14. The van der Waals surface area contributed by atoms with Gasteiger partial charge in [0, 0.05) is 25.7 Å². The van der Waals surface area contributed by atoms with Crippen LogP contribution in [0.2, 0.25) is 0 Å². The molecule has 0 saturated heterocycles. The molecule has 1 saturated carbocycles. The minimum atomic E-state index is 0.000823. The van der Waals surface area contributed by atoms with Gasteiger partial charge in [-0.05, 0) is 30.5 Å². The second-order valence-corrected chi connectivity index (χ2v) is 5.16. The Labute approximate surface area is 108 Å². The second-order valence-electron chi connectivity index (χ2n) is 5.16. The summed E-state index contributed by atoms with van der Waals surface area (Å²) in [5.41, 5.74) is 8.19. The van der Waals surface area contributed by atoms with Gasteiger partial charge in [0.15, 0.2) is 0 Å². The predicted molar refractivity (Wildman–Crippen MR) is 74.7 cm³/mol. The van der Waals surface area contributed by atoms with Crippen LogP contribution in [-0.2, 0) is 0 Å². The highest BCUT2D eigenvalue weighted by Gasteiger charge is 2.35. The molecule has 1 aliphatic carbocycles. The summed E-state index contributed by atoms with van der Waals surface area (Å²) in [5, 5.41) is 3.42. The summed E-state index contributed by atoms with van der Waals surface area (Å²) in [6, 6.07) is 5.93. The van der Waals surface area contributed by atoms with Gasteiger partial charge in [0.1, 0.15) is 0 Å². The summed E-state index contributed by atoms with van der Waals surface area (Å²) in [6.07, 6.45) is 2.38. The molecule has 2 unspecified atom stereocenters. The van der Waals surface area contributed by atoms with E-state index in [4.69, 9.17) is 5.73 Å². The van der Waals surface area contributed by atoms with E-state index in [0.29, 0.717) is 17.3 Å².